The van der Waals surface area contributed by atoms with Crippen LogP contribution in [0.2, 0.25) is 0 Å². The van der Waals surface area contributed by atoms with Crippen LogP contribution >= 0.6 is 15.9 Å². The van der Waals surface area contributed by atoms with E-state index < -0.39 is 0 Å². The van der Waals surface area contributed by atoms with E-state index in [9.17, 15) is 4.79 Å². The van der Waals surface area contributed by atoms with E-state index >= 15 is 0 Å². The SMILES string of the molecule is CCOC(=O)Cc1oc2ccc3ccccc3c2c1-c1ccc(Br)cc1. The van der Waals surface area contributed by atoms with Crippen LogP contribution in [0.1, 0.15) is 12.7 Å². The summed E-state index contributed by atoms with van der Waals surface area (Å²) in [6.07, 6.45) is 0.113. The molecular formula is C22H17BrO3. The summed E-state index contributed by atoms with van der Waals surface area (Å²) >= 11 is 3.48. The number of hydrogen-bond donors (Lipinski definition) is 0. The predicted octanol–water partition coefficient (Wildman–Crippen LogP) is 6.12. The highest BCUT2D eigenvalue weighted by molar-refractivity contribution is 9.10. The van der Waals surface area contributed by atoms with Gasteiger partial charge in [0.2, 0.25) is 0 Å². The molecule has 4 heteroatoms. The smallest absolute Gasteiger partial charge is 0.313 e. The highest BCUT2D eigenvalue weighted by Gasteiger charge is 2.20. The average Bonchev–Trinajstić information content (AvgIpc) is 3.01. The van der Waals surface area contributed by atoms with Gasteiger partial charge in [0.25, 0.3) is 0 Å². The molecule has 0 aliphatic rings. The van der Waals surface area contributed by atoms with Crippen LogP contribution in [0.3, 0.4) is 0 Å². The van der Waals surface area contributed by atoms with Gasteiger partial charge < -0.3 is 9.15 Å². The number of carbonyl (C=O) groups is 1. The quantitative estimate of drug-likeness (QED) is 0.381. The second-order valence-electron chi connectivity index (χ2n) is 6.05. The van der Waals surface area contributed by atoms with Crippen molar-refractivity contribution in [2.24, 2.45) is 0 Å². The molecule has 0 bridgehead atoms. The van der Waals surface area contributed by atoms with Crippen LogP contribution in [-0.2, 0) is 16.0 Å². The molecule has 3 aromatic carbocycles. The fourth-order valence-electron chi connectivity index (χ4n) is 3.31. The molecule has 0 spiro atoms. The number of benzene rings is 3. The van der Waals surface area contributed by atoms with Gasteiger partial charge in [-0.3, -0.25) is 4.79 Å². The lowest BCUT2D eigenvalue weighted by Crippen LogP contribution is -2.07. The number of furan rings is 1. The minimum atomic E-state index is -0.283. The Labute approximate surface area is 159 Å². The van der Waals surface area contributed by atoms with Gasteiger partial charge >= 0.3 is 5.97 Å². The van der Waals surface area contributed by atoms with Gasteiger partial charge in [-0.1, -0.05) is 58.4 Å². The molecule has 0 unspecified atom stereocenters. The van der Waals surface area contributed by atoms with Crippen LogP contribution in [0.25, 0.3) is 32.9 Å². The summed E-state index contributed by atoms with van der Waals surface area (Å²) < 4.78 is 12.2. The van der Waals surface area contributed by atoms with Crippen molar-refractivity contribution in [3.05, 3.63) is 70.9 Å². The number of fused-ring (bicyclic) bond motifs is 3. The van der Waals surface area contributed by atoms with Crippen molar-refractivity contribution in [2.75, 3.05) is 6.61 Å². The van der Waals surface area contributed by atoms with Gasteiger partial charge in [0, 0.05) is 15.4 Å². The fraction of sp³-hybridized carbons (Fsp3) is 0.136. The zero-order valence-electron chi connectivity index (χ0n) is 14.3. The van der Waals surface area contributed by atoms with E-state index in [-0.39, 0.29) is 12.4 Å². The van der Waals surface area contributed by atoms with Gasteiger partial charge in [-0.05, 0) is 41.5 Å². The maximum atomic E-state index is 12.1. The molecule has 0 aliphatic heterocycles. The van der Waals surface area contributed by atoms with E-state index in [2.05, 4.69) is 28.1 Å². The van der Waals surface area contributed by atoms with Gasteiger partial charge in [-0.2, -0.15) is 0 Å². The van der Waals surface area contributed by atoms with Crippen molar-refractivity contribution in [3.63, 3.8) is 0 Å². The van der Waals surface area contributed by atoms with E-state index in [1.54, 1.807) is 6.92 Å². The Hall–Kier alpha value is -2.59. The fourth-order valence-corrected chi connectivity index (χ4v) is 3.57. The Kier molecular flexibility index (Phi) is 4.51. The topological polar surface area (TPSA) is 39.4 Å². The molecule has 0 saturated heterocycles. The maximum absolute atomic E-state index is 12.1. The first-order valence-electron chi connectivity index (χ1n) is 8.52. The lowest BCUT2D eigenvalue weighted by Gasteiger charge is -2.06. The standard InChI is InChI=1S/C22H17BrO3/c1-2-25-20(24)13-19-21(15-7-10-16(23)11-8-15)22-17-6-4-3-5-14(17)9-12-18(22)26-19/h3-12H,2,13H2,1H3. The molecule has 0 radical (unpaired) electrons. The molecule has 4 aromatic rings. The summed E-state index contributed by atoms with van der Waals surface area (Å²) in [5.74, 6) is 0.353. The van der Waals surface area contributed by atoms with Crippen LogP contribution in [-0.4, -0.2) is 12.6 Å². The Balaban J connectivity index is 2.00. The third kappa shape index (κ3) is 3.01. The van der Waals surface area contributed by atoms with Gasteiger partial charge in [0.1, 0.15) is 17.8 Å². The zero-order chi connectivity index (χ0) is 18.1. The molecule has 0 saturated carbocycles. The number of hydrogen-bond acceptors (Lipinski definition) is 3. The lowest BCUT2D eigenvalue weighted by molar-refractivity contribution is -0.142. The first kappa shape index (κ1) is 16.9. The third-order valence-corrected chi connectivity index (χ3v) is 4.92. The van der Waals surface area contributed by atoms with Crippen LogP contribution in [0.4, 0.5) is 0 Å². The minimum Gasteiger partial charge on any atom is -0.466 e. The molecule has 0 fully saturated rings. The summed E-state index contributed by atoms with van der Waals surface area (Å²) in [4.78, 5) is 12.1. The maximum Gasteiger partial charge on any atom is 0.313 e. The molecule has 3 nitrogen and oxygen atoms in total. The largest absolute Gasteiger partial charge is 0.466 e. The molecule has 1 aromatic heterocycles. The lowest BCUT2D eigenvalue weighted by atomic mass is 9.97. The zero-order valence-corrected chi connectivity index (χ0v) is 15.9. The normalized spacial score (nSPS) is 11.2. The van der Waals surface area contributed by atoms with Crippen LogP contribution < -0.4 is 0 Å². The first-order chi connectivity index (χ1) is 12.7. The molecule has 0 atom stereocenters. The summed E-state index contributed by atoms with van der Waals surface area (Å²) in [5.41, 5.74) is 2.75. The molecule has 4 rings (SSSR count). The summed E-state index contributed by atoms with van der Waals surface area (Å²) in [6.45, 7) is 2.16. The minimum absolute atomic E-state index is 0.113. The van der Waals surface area contributed by atoms with Crippen LogP contribution in [0.15, 0.2) is 69.6 Å². The molecule has 130 valence electrons. The molecule has 0 amide bonds. The van der Waals surface area contributed by atoms with Crippen molar-refractivity contribution in [2.45, 2.75) is 13.3 Å². The van der Waals surface area contributed by atoms with Gasteiger partial charge in [0.15, 0.2) is 0 Å². The number of ether oxygens (including phenoxy) is 1. The van der Waals surface area contributed by atoms with Crippen LogP contribution in [0.5, 0.6) is 0 Å². The third-order valence-electron chi connectivity index (χ3n) is 4.40. The average molecular weight is 409 g/mol. The Morgan fingerprint density at radius 2 is 1.81 bits per heavy atom. The molecule has 0 N–H and O–H groups in total. The molecular weight excluding hydrogens is 392 g/mol. The second kappa shape index (κ2) is 6.96. The van der Waals surface area contributed by atoms with Gasteiger partial charge in [-0.15, -0.1) is 0 Å². The second-order valence-corrected chi connectivity index (χ2v) is 6.96. The highest BCUT2D eigenvalue weighted by Crippen LogP contribution is 2.39. The van der Waals surface area contributed by atoms with E-state index in [0.29, 0.717) is 12.4 Å². The van der Waals surface area contributed by atoms with E-state index in [1.165, 1.54) is 0 Å². The van der Waals surface area contributed by atoms with E-state index in [4.69, 9.17) is 9.15 Å². The number of carbonyl (C=O) groups excluding carboxylic acids is 1. The molecule has 26 heavy (non-hydrogen) atoms. The van der Waals surface area contributed by atoms with Gasteiger partial charge in [-0.25, -0.2) is 0 Å². The molecule has 0 aliphatic carbocycles. The number of rotatable bonds is 4. The summed E-state index contributed by atoms with van der Waals surface area (Å²) in [6, 6.07) is 20.3. The Morgan fingerprint density at radius 1 is 1.04 bits per heavy atom. The van der Waals surface area contributed by atoms with E-state index in [1.807, 2.05) is 48.5 Å². The first-order valence-corrected chi connectivity index (χ1v) is 9.31. The molecule has 1 heterocycles. The predicted molar refractivity (Wildman–Crippen MR) is 107 cm³/mol. The van der Waals surface area contributed by atoms with E-state index in [0.717, 1.165) is 37.3 Å². The van der Waals surface area contributed by atoms with Crippen molar-refractivity contribution in [1.82, 2.24) is 0 Å². The van der Waals surface area contributed by atoms with Gasteiger partial charge in [0.05, 0.1) is 6.61 Å². The highest BCUT2D eigenvalue weighted by atomic mass is 79.9. The summed E-state index contributed by atoms with van der Waals surface area (Å²) in [7, 11) is 0. The van der Waals surface area contributed by atoms with Crippen LogP contribution in [0, 0.1) is 0 Å². The monoisotopic (exact) mass is 408 g/mol. The number of esters is 1. The Bertz CT molecular complexity index is 1090. The summed E-state index contributed by atoms with van der Waals surface area (Å²) in [5, 5.41) is 3.29. The van der Waals surface area contributed by atoms with Crippen molar-refractivity contribution >= 4 is 43.6 Å². The van der Waals surface area contributed by atoms with Crippen molar-refractivity contribution < 1.29 is 13.9 Å². The van der Waals surface area contributed by atoms with Crippen molar-refractivity contribution in [1.29, 1.82) is 0 Å². The number of halogens is 1. The van der Waals surface area contributed by atoms with Crippen molar-refractivity contribution in [3.8, 4) is 11.1 Å². The Morgan fingerprint density at radius 3 is 2.58 bits per heavy atom.